The third kappa shape index (κ3) is 7.31. The van der Waals surface area contributed by atoms with Gasteiger partial charge >= 0.3 is 0 Å². The number of likely N-dealkylation sites (N-methyl/N-ethyl adjacent to an activating group) is 1. The highest BCUT2D eigenvalue weighted by atomic mass is 35.5. The molecule has 1 saturated heterocycles. The van der Waals surface area contributed by atoms with Crippen LogP contribution in [0.1, 0.15) is 25.0 Å². The zero-order valence-corrected chi connectivity index (χ0v) is 24.8. The molecule has 0 unspecified atom stereocenters. The lowest BCUT2D eigenvalue weighted by Crippen LogP contribution is -2.49. The molecule has 1 atom stereocenters. The topological polar surface area (TPSA) is 92.7 Å². The zero-order valence-electron chi connectivity index (χ0n) is 22.4. The Morgan fingerprint density at radius 1 is 1.15 bits per heavy atom. The molecule has 1 aliphatic heterocycles. The minimum Gasteiger partial charge on any atom is -0.491 e. The molecule has 212 valence electrons. The molecule has 4 aromatic rings. The number of piperidine rings is 1. The number of nitrogens with zero attached hydrogens (tertiary/aromatic N) is 5. The smallest absolute Gasteiger partial charge is 0.237 e. The molecule has 0 spiro atoms. The maximum atomic E-state index is 12.8. The number of benzene rings is 2. The number of hydrogen-bond donors (Lipinski definition) is 1. The van der Waals surface area contributed by atoms with Crippen molar-refractivity contribution in [2.75, 3.05) is 39.1 Å². The number of aromatic nitrogens is 3. The minimum absolute atomic E-state index is 0. The first-order chi connectivity index (χ1) is 19.0. The van der Waals surface area contributed by atoms with E-state index in [1.807, 2.05) is 59.6 Å². The van der Waals surface area contributed by atoms with Crippen LogP contribution in [-0.4, -0.2) is 70.5 Å². The third-order valence-corrected chi connectivity index (χ3v) is 7.44. The molecule has 9 nitrogen and oxygen atoms in total. The number of halogens is 2. The van der Waals surface area contributed by atoms with Gasteiger partial charge in [-0.05, 0) is 63.7 Å². The van der Waals surface area contributed by atoms with E-state index in [1.165, 1.54) is 17.7 Å². The largest absolute Gasteiger partial charge is 0.491 e. The Morgan fingerprint density at radius 3 is 2.80 bits per heavy atom. The van der Waals surface area contributed by atoms with Gasteiger partial charge in [-0.2, -0.15) is 0 Å². The van der Waals surface area contributed by atoms with E-state index in [0.29, 0.717) is 42.1 Å². The fraction of sp³-hybridized carbons (Fsp3) is 0.357. The number of carbonyl (C=O) groups excluding carboxylic acids is 1. The van der Waals surface area contributed by atoms with Crippen molar-refractivity contribution in [2.24, 2.45) is 0 Å². The van der Waals surface area contributed by atoms with E-state index in [0.717, 1.165) is 48.1 Å². The average Bonchev–Trinajstić information content (AvgIpc) is 3.45. The van der Waals surface area contributed by atoms with Crippen LogP contribution in [0.2, 0.25) is 5.02 Å². The van der Waals surface area contributed by atoms with Gasteiger partial charge in [-0.1, -0.05) is 17.7 Å². The molecule has 0 aliphatic carbocycles. The lowest BCUT2D eigenvalue weighted by molar-refractivity contribution is -0.136. The first-order valence-corrected chi connectivity index (χ1v) is 14.2. The van der Waals surface area contributed by atoms with Gasteiger partial charge in [0.15, 0.2) is 0 Å². The lowest BCUT2D eigenvalue weighted by Gasteiger charge is -2.36. The molecule has 0 radical (unpaired) electrons. The van der Waals surface area contributed by atoms with Crippen molar-refractivity contribution in [3.63, 3.8) is 0 Å². The maximum absolute atomic E-state index is 12.8. The Balaban J connectivity index is 0.00000370. The summed E-state index contributed by atoms with van der Waals surface area (Å²) in [6.07, 6.45) is 4.53. The van der Waals surface area contributed by atoms with Crippen molar-refractivity contribution in [1.82, 2.24) is 24.8 Å². The monoisotopic (exact) mass is 602 g/mol. The Labute approximate surface area is 248 Å². The van der Waals surface area contributed by atoms with Crippen LogP contribution < -0.4 is 14.8 Å². The number of thiazole rings is 1. The Kier molecular flexibility index (Phi) is 10.4. The van der Waals surface area contributed by atoms with E-state index in [2.05, 4.69) is 20.3 Å². The van der Waals surface area contributed by atoms with E-state index < -0.39 is 0 Å². The van der Waals surface area contributed by atoms with Gasteiger partial charge in [-0.15, -0.1) is 23.7 Å². The second-order valence-corrected chi connectivity index (χ2v) is 10.8. The van der Waals surface area contributed by atoms with E-state index in [4.69, 9.17) is 21.1 Å². The Morgan fingerprint density at radius 2 is 2.02 bits per heavy atom. The fourth-order valence-electron chi connectivity index (χ4n) is 4.64. The van der Waals surface area contributed by atoms with Crippen LogP contribution >= 0.6 is 35.3 Å². The van der Waals surface area contributed by atoms with Gasteiger partial charge in [-0.3, -0.25) is 4.79 Å². The van der Waals surface area contributed by atoms with Crippen LogP contribution in [0.5, 0.6) is 11.5 Å². The molecule has 1 N–H and O–H groups in total. The third-order valence-electron chi connectivity index (χ3n) is 6.51. The van der Waals surface area contributed by atoms with Crippen molar-refractivity contribution in [3.05, 3.63) is 64.3 Å². The molecule has 1 amide bonds. The summed E-state index contributed by atoms with van der Waals surface area (Å²) in [6, 6.07) is 11.3. The van der Waals surface area contributed by atoms with Crippen LogP contribution in [0, 0.1) is 0 Å². The van der Waals surface area contributed by atoms with Crippen LogP contribution in [0.15, 0.2) is 53.6 Å². The summed E-state index contributed by atoms with van der Waals surface area (Å²) in [4.78, 5) is 29.9. The van der Waals surface area contributed by atoms with Crippen LogP contribution in [0.4, 0.5) is 11.5 Å². The second kappa shape index (κ2) is 13.9. The fourth-order valence-corrected chi connectivity index (χ4v) is 5.41. The summed E-state index contributed by atoms with van der Waals surface area (Å²) < 4.78 is 12.2. The lowest BCUT2D eigenvalue weighted by atomic mass is 10.0. The van der Waals surface area contributed by atoms with E-state index in [1.54, 1.807) is 11.6 Å². The zero-order chi connectivity index (χ0) is 27.2. The van der Waals surface area contributed by atoms with E-state index in [-0.39, 0.29) is 24.4 Å². The van der Waals surface area contributed by atoms with Crippen molar-refractivity contribution in [2.45, 2.75) is 31.9 Å². The molecule has 0 bridgehead atoms. The number of anilines is 2. The molecule has 3 heterocycles. The summed E-state index contributed by atoms with van der Waals surface area (Å²) >= 11 is 8.04. The molecule has 2 aromatic carbocycles. The van der Waals surface area contributed by atoms with Gasteiger partial charge in [0.1, 0.15) is 36.9 Å². The van der Waals surface area contributed by atoms with Gasteiger partial charge in [0.05, 0.1) is 39.7 Å². The molecule has 5 rings (SSSR count). The number of hydrogen-bond acceptors (Lipinski definition) is 9. The standard InChI is InChI=1S/C28H31ClN6O3S.ClH/c1-34(2)13-26(36)35-11-4-3-6-21(35)15-38-25-8-5-7-23-27(25)28(31-17-30-23)33-19-9-10-24(22(29)12-19)37-14-20-16-39-18-32-20;/h5,7-10,12,16-18,21H,3-4,6,11,13-15H2,1-2H3,(H,30,31,33);1H/t21-;/m0./s1. The van der Waals surface area contributed by atoms with Gasteiger partial charge in [-0.25, -0.2) is 15.0 Å². The normalized spacial score (nSPS) is 15.1. The van der Waals surface area contributed by atoms with Gasteiger partial charge < -0.3 is 24.6 Å². The summed E-state index contributed by atoms with van der Waals surface area (Å²) in [5.74, 6) is 1.97. The number of carbonyl (C=O) groups is 1. The quantitative estimate of drug-likeness (QED) is 0.243. The first-order valence-electron chi connectivity index (χ1n) is 12.8. The summed E-state index contributed by atoms with van der Waals surface area (Å²) in [5, 5.41) is 6.54. The molecule has 40 heavy (non-hydrogen) atoms. The van der Waals surface area contributed by atoms with Crippen LogP contribution in [-0.2, 0) is 11.4 Å². The van der Waals surface area contributed by atoms with Crippen LogP contribution in [0.25, 0.3) is 10.9 Å². The molecular formula is C28H32Cl2N6O3S. The van der Waals surface area contributed by atoms with E-state index >= 15 is 0 Å². The summed E-state index contributed by atoms with van der Waals surface area (Å²) in [5.41, 5.74) is 4.14. The SMILES string of the molecule is CN(C)CC(=O)N1CCCC[C@H]1COc1cccc2ncnc(Nc3ccc(OCc4cscn4)c(Cl)c3)c12.Cl. The molecular weight excluding hydrogens is 571 g/mol. The maximum Gasteiger partial charge on any atom is 0.237 e. The van der Waals surface area contributed by atoms with Crippen LogP contribution in [0.3, 0.4) is 0 Å². The minimum atomic E-state index is 0. The second-order valence-electron chi connectivity index (χ2n) is 9.70. The van der Waals surface area contributed by atoms with Crippen molar-refractivity contribution < 1.29 is 14.3 Å². The summed E-state index contributed by atoms with van der Waals surface area (Å²) in [6.45, 7) is 1.91. The Bertz CT molecular complexity index is 1420. The highest BCUT2D eigenvalue weighted by molar-refractivity contribution is 7.07. The van der Waals surface area contributed by atoms with Crippen molar-refractivity contribution in [3.8, 4) is 11.5 Å². The highest BCUT2D eigenvalue weighted by Crippen LogP contribution is 2.34. The van der Waals surface area contributed by atoms with Crippen molar-refractivity contribution >= 4 is 63.7 Å². The number of ether oxygens (including phenoxy) is 2. The van der Waals surface area contributed by atoms with E-state index in [9.17, 15) is 4.79 Å². The molecule has 2 aromatic heterocycles. The number of fused-ring (bicyclic) bond motifs is 1. The van der Waals surface area contributed by atoms with Gasteiger partial charge in [0.25, 0.3) is 0 Å². The molecule has 1 fully saturated rings. The molecule has 1 aliphatic rings. The van der Waals surface area contributed by atoms with Gasteiger partial charge in [0.2, 0.25) is 5.91 Å². The molecule has 0 saturated carbocycles. The number of nitrogens with one attached hydrogen (secondary N) is 1. The number of likely N-dealkylation sites (tertiary alicyclic amines) is 1. The number of amides is 1. The predicted molar refractivity (Wildman–Crippen MR) is 161 cm³/mol. The van der Waals surface area contributed by atoms with Gasteiger partial charge in [0, 0.05) is 17.6 Å². The number of rotatable bonds is 10. The predicted octanol–water partition coefficient (Wildman–Crippen LogP) is 5.81. The average molecular weight is 604 g/mol. The summed E-state index contributed by atoms with van der Waals surface area (Å²) in [7, 11) is 3.82. The Hall–Kier alpha value is -3.18. The van der Waals surface area contributed by atoms with Crippen molar-refractivity contribution in [1.29, 1.82) is 0 Å². The first kappa shape index (κ1) is 29.8. The molecule has 12 heteroatoms. The highest BCUT2D eigenvalue weighted by Gasteiger charge is 2.27.